The van der Waals surface area contributed by atoms with Gasteiger partial charge in [0.1, 0.15) is 6.04 Å². The van der Waals surface area contributed by atoms with Gasteiger partial charge in [-0.05, 0) is 26.1 Å². The summed E-state index contributed by atoms with van der Waals surface area (Å²) in [4.78, 5) is 25.0. The van der Waals surface area contributed by atoms with Crippen LogP contribution in [0.25, 0.3) is 0 Å². The smallest absolute Gasteiger partial charge is 0.308 e. The molecule has 1 saturated heterocycles. The maximum absolute atomic E-state index is 11.8. The first-order valence-electron chi connectivity index (χ1n) is 6.08. The second-order valence-electron chi connectivity index (χ2n) is 3.84. The fourth-order valence-corrected chi connectivity index (χ4v) is 2.15. The molecule has 102 valence electrons. The summed E-state index contributed by atoms with van der Waals surface area (Å²) in [6, 6.07) is -0.579. The molecule has 0 radical (unpaired) electrons. The van der Waals surface area contributed by atoms with Crippen LogP contribution in [0.4, 0.5) is 0 Å². The van der Waals surface area contributed by atoms with Gasteiger partial charge in [-0.3, -0.25) is 9.59 Å². The van der Waals surface area contributed by atoms with Gasteiger partial charge in [-0.2, -0.15) is 0 Å². The highest BCUT2D eigenvalue weighted by molar-refractivity contribution is 7.80. The van der Waals surface area contributed by atoms with Gasteiger partial charge in [0.15, 0.2) is 5.11 Å². The number of carbonyl (C=O) groups is 2. The predicted octanol–water partition coefficient (Wildman–Crippen LogP) is -0.366. The van der Waals surface area contributed by atoms with Gasteiger partial charge < -0.3 is 20.3 Å². The molecule has 1 amide bonds. The van der Waals surface area contributed by atoms with Crippen LogP contribution >= 0.6 is 12.2 Å². The molecule has 2 N–H and O–H groups in total. The number of thiocarbonyl (C=S) groups is 1. The normalized spacial score (nSPS) is 19.1. The van der Waals surface area contributed by atoms with Crippen LogP contribution in [0.3, 0.4) is 0 Å². The Balaban J connectivity index is 2.69. The van der Waals surface area contributed by atoms with Crippen molar-refractivity contribution in [3.8, 4) is 0 Å². The van der Waals surface area contributed by atoms with Gasteiger partial charge >= 0.3 is 5.97 Å². The molecule has 18 heavy (non-hydrogen) atoms. The zero-order valence-electron chi connectivity index (χ0n) is 10.7. The topological polar surface area (TPSA) is 70.7 Å². The van der Waals surface area contributed by atoms with E-state index in [4.69, 9.17) is 17.0 Å². The molecular weight excluding hydrogens is 254 g/mol. The first kappa shape index (κ1) is 14.7. The van der Waals surface area contributed by atoms with Gasteiger partial charge in [0, 0.05) is 19.6 Å². The fourth-order valence-electron chi connectivity index (χ4n) is 1.79. The summed E-state index contributed by atoms with van der Waals surface area (Å²) >= 11 is 5.20. The Morgan fingerprint density at radius 1 is 1.61 bits per heavy atom. The van der Waals surface area contributed by atoms with Crippen molar-refractivity contribution in [2.75, 3.05) is 26.2 Å². The first-order chi connectivity index (χ1) is 8.60. The molecule has 1 heterocycles. The van der Waals surface area contributed by atoms with E-state index < -0.39 is 6.04 Å². The lowest BCUT2D eigenvalue weighted by Gasteiger charge is -2.36. The second kappa shape index (κ2) is 7.15. The lowest BCUT2D eigenvalue weighted by atomic mass is 10.1. The molecule has 0 unspecified atom stereocenters. The molecular formula is C11H19N3O3S. The summed E-state index contributed by atoms with van der Waals surface area (Å²) in [7, 11) is 0. The number of carbonyl (C=O) groups excluding carboxylic acids is 2. The third-order valence-corrected chi connectivity index (χ3v) is 2.96. The largest absolute Gasteiger partial charge is 0.466 e. The molecule has 1 aliphatic heterocycles. The molecule has 0 aliphatic carbocycles. The molecule has 1 aliphatic rings. The van der Waals surface area contributed by atoms with Crippen LogP contribution in [0.15, 0.2) is 0 Å². The number of hydrogen-bond acceptors (Lipinski definition) is 4. The van der Waals surface area contributed by atoms with Crippen LogP contribution in [-0.4, -0.2) is 54.2 Å². The maximum Gasteiger partial charge on any atom is 0.308 e. The highest BCUT2D eigenvalue weighted by Crippen LogP contribution is 2.10. The maximum atomic E-state index is 11.8. The van der Waals surface area contributed by atoms with Crippen molar-refractivity contribution in [1.29, 1.82) is 0 Å². The van der Waals surface area contributed by atoms with Crippen LogP contribution in [0.2, 0.25) is 0 Å². The molecule has 7 heteroatoms. The number of hydrogen-bond donors (Lipinski definition) is 2. The Labute approximate surface area is 112 Å². The molecule has 0 aromatic heterocycles. The summed E-state index contributed by atoms with van der Waals surface area (Å²) in [5.74, 6) is -0.571. The standard InChI is InChI=1S/C11H19N3O3S/c1-3-12-11(18)14-6-5-13-10(16)8(14)7-9(15)17-4-2/h8H,3-7H2,1-2H3,(H,12,18)(H,13,16)/t8-/m1/s1. The van der Waals surface area contributed by atoms with Crippen LogP contribution in [0.5, 0.6) is 0 Å². The number of nitrogens with one attached hydrogen (secondary N) is 2. The van der Waals surface area contributed by atoms with Gasteiger partial charge in [0.25, 0.3) is 0 Å². The van der Waals surface area contributed by atoms with E-state index in [1.165, 1.54) is 0 Å². The van der Waals surface area contributed by atoms with Crippen molar-refractivity contribution >= 4 is 29.2 Å². The summed E-state index contributed by atoms with van der Waals surface area (Å²) in [6.07, 6.45) is 0.0191. The van der Waals surface area contributed by atoms with Crippen molar-refractivity contribution in [2.45, 2.75) is 26.3 Å². The third kappa shape index (κ3) is 3.83. The minimum absolute atomic E-state index is 0.0191. The van der Waals surface area contributed by atoms with Crippen LogP contribution in [0.1, 0.15) is 20.3 Å². The van der Waals surface area contributed by atoms with Crippen molar-refractivity contribution in [3.63, 3.8) is 0 Å². The molecule has 0 aromatic rings. The SMILES string of the molecule is CCNC(=S)N1CCNC(=O)[C@H]1CC(=O)OCC. The molecule has 0 bridgehead atoms. The van der Waals surface area contributed by atoms with E-state index in [2.05, 4.69) is 10.6 Å². The van der Waals surface area contributed by atoms with E-state index in [-0.39, 0.29) is 18.3 Å². The zero-order valence-corrected chi connectivity index (χ0v) is 11.5. The van der Waals surface area contributed by atoms with E-state index in [0.29, 0.717) is 31.4 Å². The average molecular weight is 273 g/mol. The van der Waals surface area contributed by atoms with E-state index in [0.717, 1.165) is 0 Å². The van der Waals surface area contributed by atoms with Crippen LogP contribution in [0, 0.1) is 0 Å². The highest BCUT2D eigenvalue weighted by Gasteiger charge is 2.33. The lowest BCUT2D eigenvalue weighted by molar-refractivity contribution is -0.147. The average Bonchev–Trinajstić information content (AvgIpc) is 2.32. The van der Waals surface area contributed by atoms with Gasteiger partial charge in [0.2, 0.25) is 5.91 Å². The number of piperazine rings is 1. The Bertz CT molecular complexity index is 335. The monoisotopic (exact) mass is 273 g/mol. The van der Waals surface area contributed by atoms with E-state index in [9.17, 15) is 9.59 Å². The molecule has 0 aromatic carbocycles. The molecule has 1 rings (SSSR count). The van der Waals surface area contributed by atoms with Crippen LogP contribution in [-0.2, 0) is 14.3 Å². The minimum Gasteiger partial charge on any atom is -0.466 e. The third-order valence-electron chi connectivity index (χ3n) is 2.59. The zero-order chi connectivity index (χ0) is 13.5. The van der Waals surface area contributed by atoms with Crippen molar-refractivity contribution < 1.29 is 14.3 Å². The molecule has 0 spiro atoms. The Kier molecular flexibility index (Phi) is 5.84. The number of ether oxygens (including phenoxy) is 1. The first-order valence-corrected chi connectivity index (χ1v) is 6.48. The Morgan fingerprint density at radius 2 is 2.33 bits per heavy atom. The number of rotatable bonds is 4. The summed E-state index contributed by atoms with van der Waals surface area (Å²) < 4.78 is 4.87. The van der Waals surface area contributed by atoms with Gasteiger partial charge in [0.05, 0.1) is 13.0 Å². The van der Waals surface area contributed by atoms with Crippen molar-refractivity contribution in [1.82, 2.24) is 15.5 Å². The minimum atomic E-state index is -0.579. The highest BCUT2D eigenvalue weighted by atomic mass is 32.1. The molecule has 1 atom stereocenters. The van der Waals surface area contributed by atoms with E-state index >= 15 is 0 Å². The second-order valence-corrected chi connectivity index (χ2v) is 4.23. The van der Waals surface area contributed by atoms with Gasteiger partial charge in [-0.1, -0.05) is 0 Å². The van der Waals surface area contributed by atoms with Crippen molar-refractivity contribution in [3.05, 3.63) is 0 Å². The number of esters is 1. The number of amides is 1. The molecule has 6 nitrogen and oxygen atoms in total. The molecule has 0 saturated carbocycles. The summed E-state index contributed by atoms with van der Waals surface area (Å²) in [5.41, 5.74) is 0. The predicted molar refractivity (Wildman–Crippen MR) is 71.0 cm³/mol. The van der Waals surface area contributed by atoms with Gasteiger partial charge in [-0.15, -0.1) is 0 Å². The van der Waals surface area contributed by atoms with E-state index in [1.807, 2.05) is 6.92 Å². The summed E-state index contributed by atoms with van der Waals surface area (Å²) in [6.45, 7) is 5.79. The number of nitrogens with zero attached hydrogens (tertiary/aromatic N) is 1. The Hall–Kier alpha value is -1.37. The van der Waals surface area contributed by atoms with Crippen molar-refractivity contribution in [2.24, 2.45) is 0 Å². The quantitative estimate of drug-likeness (QED) is 0.538. The van der Waals surface area contributed by atoms with E-state index in [1.54, 1.807) is 11.8 Å². The molecule has 1 fully saturated rings. The van der Waals surface area contributed by atoms with Gasteiger partial charge in [-0.25, -0.2) is 0 Å². The Morgan fingerprint density at radius 3 is 2.94 bits per heavy atom. The fraction of sp³-hybridized carbons (Fsp3) is 0.727. The summed E-state index contributed by atoms with van der Waals surface area (Å²) in [5, 5.41) is 6.23. The lowest BCUT2D eigenvalue weighted by Crippen LogP contribution is -2.59. The van der Waals surface area contributed by atoms with Crippen LogP contribution < -0.4 is 10.6 Å².